The Morgan fingerprint density at radius 3 is 2.61 bits per heavy atom. The molecule has 0 radical (unpaired) electrons. The molecule has 0 fully saturated rings. The van der Waals surface area contributed by atoms with Crippen molar-refractivity contribution in [1.82, 2.24) is 0 Å². The quantitative estimate of drug-likeness (QED) is 0.455. The molecule has 18 heavy (non-hydrogen) atoms. The summed E-state index contributed by atoms with van der Waals surface area (Å²) in [6.45, 7) is 4.59. The van der Waals surface area contributed by atoms with Crippen LogP contribution in [0.3, 0.4) is 0 Å². The zero-order chi connectivity index (χ0) is 13.7. The van der Waals surface area contributed by atoms with Crippen molar-refractivity contribution in [3.63, 3.8) is 0 Å². The Hall–Kier alpha value is -1.17. The molecule has 0 aliphatic carbocycles. The predicted molar refractivity (Wildman–Crippen MR) is 70.7 cm³/mol. The maximum absolute atomic E-state index is 13.3. The van der Waals surface area contributed by atoms with Crippen LogP contribution < -0.4 is 4.74 Å². The number of alkyl halides is 1. The summed E-state index contributed by atoms with van der Waals surface area (Å²) >= 11 is 3.39. The number of ether oxygens (including phenoxy) is 1. The fraction of sp³-hybridized carbons (Fsp3) is 0.500. The molecular weight excluding hydrogens is 305 g/mol. The average Bonchev–Trinajstić information content (AvgIpc) is 2.28. The standard InChI is InChI=1S/C12H15BrFNO3/c1-8(2)9(6-13)7-18-10-3-4-12(15(16)17)11(14)5-10/h3-5,8-9H,6-7H2,1-2H3. The second-order valence-electron chi connectivity index (χ2n) is 4.34. The van der Waals surface area contributed by atoms with Crippen LogP contribution in [0.2, 0.25) is 0 Å². The van der Waals surface area contributed by atoms with Gasteiger partial charge < -0.3 is 4.74 Å². The van der Waals surface area contributed by atoms with Crippen LogP contribution in [0.25, 0.3) is 0 Å². The van der Waals surface area contributed by atoms with E-state index in [-0.39, 0.29) is 0 Å². The van der Waals surface area contributed by atoms with Crippen LogP contribution in [0, 0.1) is 27.8 Å². The first-order valence-corrected chi connectivity index (χ1v) is 6.70. The molecule has 1 atom stereocenters. The fourth-order valence-electron chi connectivity index (χ4n) is 1.34. The number of halogens is 2. The third-order valence-electron chi connectivity index (χ3n) is 2.72. The van der Waals surface area contributed by atoms with Crippen molar-refractivity contribution in [2.24, 2.45) is 11.8 Å². The van der Waals surface area contributed by atoms with Crippen molar-refractivity contribution < 1.29 is 14.1 Å². The second kappa shape index (κ2) is 6.68. The lowest BCUT2D eigenvalue weighted by Crippen LogP contribution is -2.19. The molecule has 0 aliphatic heterocycles. The van der Waals surface area contributed by atoms with Crippen molar-refractivity contribution >= 4 is 21.6 Å². The fourth-order valence-corrected chi connectivity index (χ4v) is 2.28. The summed E-state index contributed by atoms with van der Waals surface area (Å²) < 4.78 is 18.8. The van der Waals surface area contributed by atoms with Gasteiger partial charge in [-0.3, -0.25) is 10.1 Å². The monoisotopic (exact) mass is 319 g/mol. The van der Waals surface area contributed by atoms with Crippen LogP contribution in [0.5, 0.6) is 5.75 Å². The lowest BCUT2D eigenvalue weighted by Gasteiger charge is -2.18. The van der Waals surface area contributed by atoms with Crippen LogP contribution in [-0.2, 0) is 0 Å². The van der Waals surface area contributed by atoms with E-state index in [1.54, 1.807) is 0 Å². The highest BCUT2D eigenvalue weighted by Crippen LogP contribution is 2.23. The number of rotatable bonds is 6. The van der Waals surface area contributed by atoms with Crippen molar-refractivity contribution in [1.29, 1.82) is 0 Å². The molecule has 1 aromatic rings. The molecule has 1 unspecified atom stereocenters. The smallest absolute Gasteiger partial charge is 0.305 e. The number of nitrogens with zero attached hydrogens (tertiary/aromatic N) is 1. The van der Waals surface area contributed by atoms with Gasteiger partial charge in [-0.1, -0.05) is 29.8 Å². The molecule has 0 aliphatic rings. The summed E-state index contributed by atoms with van der Waals surface area (Å²) in [6, 6.07) is 3.57. The maximum atomic E-state index is 13.3. The minimum atomic E-state index is -0.877. The van der Waals surface area contributed by atoms with Crippen LogP contribution in [0.1, 0.15) is 13.8 Å². The van der Waals surface area contributed by atoms with Gasteiger partial charge in [0.1, 0.15) is 5.75 Å². The van der Waals surface area contributed by atoms with Gasteiger partial charge in [0.05, 0.1) is 11.5 Å². The van der Waals surface area contributed by atoms with E-state index in [1.807, 2.05) is 0 Å². The lowest BCUT2D eigenvalue weighted by atomic mass is 9.99. The number of hydrogen-bond donors (Lipinski definition) is 0. The second-order valence-corrected chi connectivity index (χ2v) is 4.99. The predicted octanol–water partition coefficient (Wildman–Crippen LogP) is 3.78. The van der Waals surface area contributed by atoms with Gasteiger partial charge in [-0.25, -0.2) is 0 Å². The largest absolute Gasteiger partial charge is 0.493 e. The van der Waals surface area contributed by atoms with E-state index in [0.717, 1.165) is 17.5 Å². The molecule has 0 heterocycles. The van der Waals surface area contributed by atoms with Gasteiger partial charge in [0.2, 0.25) is 5.82 Å². The van der Waals surface area contributed by atoms with Crippen LogP contribution in [0.15, 0.2) is 18.2 Å². The molecule has 0 spiro atoms. The lowest BCUT2D eigenvalue weighted by molar-refractivity contribution is -0.387. The Morgan fingerprint density at radius 1 is 1.50 bits per heavy atom. The van der Waals surface area contributed by atoms with Gasteiger partial charge in [-0.15, -0.1) is 0 Å². The Kier molecular flexibility index (Phi) is 5.53. The summed E-state index contributed by atoms with van der Waals surface area (Å²) in [5.74, 6) is 0.178. The first kappa shape index (κ1) is 14.9. The molecule has 0 N–H and O–H groups in total. The third-order valence-corrected chi connectivity index (χ3v) is 3.55. The van der Waals surface area contributed by atoms with Crippen molar-refractivity contribution in [3.8, 4) is 5.75 Å². The number of nitro benzene ring substituents is 1. The molecule has 4 nitrogen and oxygen atoms in total. The summed E-state index contributed by atoms with van der Waals surface area (Å²) in [5, 5.41) is 11.2. The molecule has 1 aromatic carbocycles. The van der Waals surface area contributed by atoms with Crippen LogP contribution in [0.4, 0.5) is 10.1 Å². The highest BCUT2D eigenvalue weighted by atomic mass is 79.9. The van der Waals surface area contributed by atoms with E-state index >= 15 is 0 Å². The third kappa shape index (κ3) is 3.94. The van der Waals surface area contributed by atoms with E-state index in [2.05, 4.69) is 29.8 Å². The van der Waals surface area contributed by atoms with Gasteiger partial charge >= 0.3 is 5.69 Å². The Labute approximate surface area is 113 Å². The molecule has 6 heteroatoms. The molecule has 0 amide bonds. The van der Waals surface area contributed by atoms with Crippen LogP contribution >= 0.6 is 15.9 Å². The molecule has 0 saturated heterocycles. The highest BCUT2D eigenvalue weighted by Gasteiger charge is 2.16. The Bertz CT molecular complexity index is 426. The summed E-state index contributed by atoms with van der Waals surface area (Å²) in [4.78, 5) is 9.70. The molecule has 0 aromatic heterocycles. The summed E-state index contributed by atoms with van der Waals surface area (Å²) in [5.41, 5.74) is -0.539. The van der Waals surface area contributed by atoms with Crippen molar-refractivity contribution in [2.75, 3.05) is 11.9 Å². The first-order chi connectivity index (χ1) is 8.45. The number of nitro groups is 1. The zero-order valence-electron chi connectivity index (χ0n) is 10.2. The minimum absolute atomic E-state index is 0.309. The van der Waals surface area contributed by atoms with E-state index in [4.69, 9.17) is 4.74 Å². The topological polar surface area (TPSA) is 52.4 Å². The van der Waals surface area contributed by atoms with Gasteiger partial charge in [-0.05, 0) is 12.0 Å². The Balaban J connectivity index is 2.69. The highest BCUT2D eigenvalue weighted by molar-refractivity contribution is 9.09. The SMILES string of the molecule is CC(C)C(CBr)COc1ccc([N+](=O)[O-])c(F)c1. The van der Waals surface area contributed by atoms with Crippen molar-refractivity contribution in [3.05, 3.63) is 34.1 Å². The van der Waals surface area contributed by atoms with Gasteiger partial charge in [-0.2, -0.15) is 4.39 Å². The maximum Gasteiger partial charge on any atom is 0.305 e. The molecule has 100 valence electrons. The molecule has 0 bridgehead atoms. The average molecular weight is 320 g/mol. The Morgan fingerprint density at radius 2 is 2.17 bits per heavy atom. The van der Waals surface area contributed by atoms with Crippen molar-refractivity contribution in [2.45, 2.75) is 13.8 Å². The normalized spacial score (nSPS) is 12.5. The molecule has 0 saturated carbocycles. The zero-order valence-corrected chi connectivity index (χ0v) is 11.8. The first-order valence-electron chi connectivity index (χ1n) is 5.58. The molecule has 1 rings (SSSR count). The van der Waals surface area contributed by atoms with Crippen LogP contribution in [-0.4, -0.2) is 16.9 Å². The van der Waals surface area contributed by atoms with Gasteiger partial charge in [0.15, 0.2) is 0 Å². The van der Waals surface area contributed by atoms with Gasteiger partial charge in [0.25, 0.3) is 0 Å². The van der Waals surface area contributed by atoms with Gasteiger partial charge in [0, 0.05) is 23.4 Å². The van der Waals surface area contributed by atoms with E-state index in [0.29, 0.717) is 24.2 Å². The number of benzene rings is 1. The minimum Gasteiger partial charge on any atom is -0.493 e. The summed E-state index contributed by atoms with van der Waals surface area (Å²) in [6.07, 6.45) is 0. The summed E-state index contributed by atoms with van der Waals surface area (Å²) in [7, 11) is 0. The van der Waals surface area contributed by atoms with E-state index in [9.17, 15) is 14.5 Å². The van der Waals surface area contributed by atoms with E-state index < -0.39 is 16.4 Å². The van der Waals surface area contributed by atoms with E-state index in [1.165, 1.54) is 6.07 Å². The molecular formula is C12H15BrFNO3. The number of hydrogen-bond acceptors (Lipinski definition) is 3.